The van der Waals surface area contributed by atoms with Crippen LogP contribution in [0, 0.1) is 0 Å². The number of fused-ring (bicyclic) bond motifs is 1. The molecule has 3 aromatic rings. The number of hydrogen-bond acceptors (Lipinski definition) is 1. The van der Waals surface area contributed by atoms with Gasteiger partial charge < -0.3 is 24.8 Å². The Hall–Kier alpha value is -1.77. The van der Waals surface area contributed by atoms with Crippen molar-refractivity contribution in [2.75, 3.05) is 0 Å². The van der Waals surface area contributed by atoms with Crippen LogP contribution in [0.2, 0.25) is 0 Å². The molecule has 155 valence electrons. The van der Waals surface area contributed by atoms with E-state index in [1.807, 2.05) is 24.3 Å². The number of nitrogens with zero attached hydrogens (tertiary/aromatic N) is 1. The average Bonchev–Trinajstić information content (AvgIpc) is 2.95. The van der Waals surface area contributed by atoms with E-state index in [1.54, 1.807) is 18.3 Å². The molecule has 0 bridgehead atoms. The molecule has 0 saturated carbocycles. The van der Waals surface area contributed by atoms with E-state index in [-0.39, 0.29) is 24.8 Å². The molecule has 0 atom stereocenters. The van der Waals surface area contributed by atoms with Crippen LogP contribution in [-0.2, 0) is 28.9 Å². The number of alkyl halides is 3. The van der Waals surface area contributed by atoms with E-state index in [4.69, 9.17) is 0 Å². The van der Waals surface area contributed by atoms with Gasteiger partial charge in [0.25, 0.3) is 0 Å². The zero-order valence-corrected chi connectivity index (χ0v) is 18.7. The van der Waals surface area contributed by atoms with E-state index in [2.05, 4.69) is 34.3 Å². The third kappa shape index (κ3) is 4.76. The number of para-hydroxylation sites is 1. The Morgan fingerprint density at radius 1 is 0.967 bits per heavy atom. The summed E-state index contributed by atoms with van der Waals surface area (Å²) in [6, 6.07) is 15.6. The van der Waals surface area contributed by atoms with Gasteiger partial charge in [-0.25, -0.2) is 0 Å². The van der Waals surface area contributed by atoms with Crippen molar-refractivity contribution in [1.82, 2.24) is 4.98 Å². The number of halogens is 5. The van der Waals surface area contributed by atoms with Gasteiger partial charge in [0.2, 0.25) is 0 Å². The molecule has 30 heavy (non-hydrogen) atoms. The van der Waals surface area contributed by atoms with Crippen LogP contribution in [-0.4, -0.2) is 4.98 Å². The van der Waals surface area contributed by atoms with Crippen molar-refractivity contribution in [2.45, 2.75) is 25.9 Å². The van der Waals surface area contributed by atoms with Crippen molar-refractivity contribution >= 4 is 16.5 Å². The maximum Gasteiger partial charge on any atom is -1.00 e. The molecule has 1 heterocycles. The predicted octanol–water partition coefficient (Wildman–Crippen LogP) is 0.482. The number of hydrogen-bond donors (Lipinski definition) is 0. The maximum absolute atomic E-state index is 12.8. The van der Waals surface area contributed by atoms with Crippen LogP contribution in [0.3, 0.4) is 0 Å². The summed E-state index contributed by atoms with van der Waals surface area (Å²) in [5.41, 5.74) is 5.89. The van der Waals surface area contributed by atoms with E-state index in [0.29, 0.717) is 6.42 Å². The Morgan fingerprint density at radius 3 is 2.30 bits per heavy atom. The molecule has 1 aliphatic carbocycles. The smallest absolute Gasteiger partial charge is 1.00 e. The Kier molecular flexibility index (Phi) is 7.82. The number of benzene rings is 2. The van der Waals surface area contributed by atoms with Gasteiger partial charge in [-0.3, -0.25) is 0 Å². The molecular weight excluding hydrogens is 470 g/mol. The van der Waals surface area contributed by atoms with E-state index < -0.39 is 11.7 Å². The van der Waals surface area contributed by atoms with Gasteiger partial charge in [-0.15, -0.1) is 0 Å². The average molecular weight is 487 g/mol. The molecule has 1 aliphatic rings. The molecule has 0 radical (unpaired) electrons. The third-order valence-electron chi connectivity index (χ3n) is 5.20. The quantitative estimate of drug-likeness (QED) is 0.524. The van der Waals surface area contributed by atoms with Gasteiger partial charge in [-0.05, 0) is 0 Å². The molecule has 1 aromatic heterocycles. The van der Waals surface area contributed by atoms with Crippen LogP contribution >= 0.6 is 0 Å². The second-order valence-electron chi connectivity index (χ2n) is 6.93. The van der Waals surface area contributed by atoms with Gasteiger partial charge >= 0.3 is 170 Å². The summed E-state index contributed by atoms with van der Waals surface area (Å²) in [7, 11) is 0. The molecule has 2 aromatic carbocycles. The van der Waals surface area contributed by atoms with Crippen molar-refractivity contribution in [2.24, 2.45) is 0 Å². The van der Waals surface area contributed by atoms with Gasteiger partial charge in [0.1, 0.15) is 0 Å². The van der Waals surface area contributed by atoms with Crippen LogP contribution in [0.5, 0.6) is 0 Å². The molecular formula is C23H17Cl2CrF3N. The van der Waals surface area contributed by atoms with E-state index >= 15 is 0 Å². The second-order valence-corrected chi connectivity index (χ2v) is 7.70. The van der Waals surface area contributed by atoms with Crippen molar-refractivity contribution in [3.63, 3.8) is 0 Å². The first-order valence-electron chi connectivity index (χ1n) is 8.94. The van der Waals surface area contributed by atoms with Crippen LogP contribution in [0.1, 0.15) is 30.0 Å². The minimum Gasteiger partial charge on any atom is -1.00 e. The van der Waals surface area contributed by atoms with Crippen LogP contribution in [0.25, 0.3) is 16.5 Å². The van der Waals surface area contributed by atoms with Crippen molar-refractivity contribution in [3.8, 4) is 0 Å². The molecule has 0 spiro atoms. The Balaban J connectivity index is 0.00000160. The number of aromatic nitrogens is 1. The van der Waals surface area contributed by atoms with E-state index in [9.17, 15) is 13.2 Å². The van der Waals surface area contributed by atoms with Crippen LogP contribution in [0.15, 0.2) is 76.4 Å². The summed E-state index contributed by atoms with van der Waals surface area (Å²) in [5.74, 6) is 0. The number of allylic oxidation sites excluding steroid dienone is 4. The molecule has 7 heteroatoms. The molecule has 1 nitrogen and oxygen atoms in total. The van der Waals surface area contributed by atoms with Gasteiger partial charge in [0, 0.05) is 0 Å². The number of pyridine rings is 1. The first-order chi connectivity index (χ1) is 13.3. The zero-order valence-electron chi connectivity index (χ0n) is 15.9. The Labute approximate surface area is 194 Å². The summed E-state index contributed by atoms with van der Waals surface area (Å²) in [6.07, 6.45) is -1.11. The molecule has 0 N–H and O–H groups in total. The summed E-state index contributed by atoms with van der Waals surface area (Å²) in [4.78, 5) is 4.56. The predicted molar refractivity (Wildman–Crippen MR) is 101 cm³/mol. The first kappa shape index (κ1) is 24.5. The topological polar surface area (TPSA) is 12.9 Å². The minimum atomic E-state index is -4.31. The zero-order chi connectivity index (χ0) is 19.9. The molecule has 0 saturated heterocycles. The minimum absolute atomic E-state index is 0. The molecule has 0 aliphatic heterocycles. The van der Waals surface area contributed by atoms with E-state index in [0.717, 1.165) is 50.6 Å². The van der Waals surface area contributed by atoms with Crippen molar-refractivity contribution < 1.29 is 54.3 Å². The Morgan fingerprint density at radius 2 is 1.63 bits per heavy atom. The molecule has 0 fully saturated rings. The summed E-state index contributed by atoms with van der Waals surface area (Å²) in [5, 5.41) is 1.10. The fourth-order valence-corrected chi connectivity index (χ4v) is 4.26. The van der Waals surface area contributed by atoms with Crippen molar-refractivity contribution in [1.29, 1.82) is 0 Å². The standard InChI is InChI=1S/C23H17F3N.2ClH.Cr/c1-15-18(14-16-7-10-19(11-8-16)23(24,25)26)9-12-20(15)21-6-2-4-17-5-3-13-27-22(17)21;;;/h2-8,10-11,13H,12,14H2,1H3;2*1H;/q;;;+2/p-2. The van der Waals surface area contributed by atoms with E-state index in [1.165, 1.54) is 11.1 Å². The summed E-state index contributed by atoms with van der Waals surface area (Å²) < 4.78 is 39.5. The first-order valence-corrected chi connectivity index (χ1v) is 9.58. The Bertz CT molecular complexity index is 1110. The summed E-state index contributed by atoms with van der Waals surface area (Å²) >= 11 is 3.16. The fourth-order valence-electron chi connectivity index (χ4n) is 3.68. The molecule has 0 unspecified atom stereocenters. The second kappa shape index (κ2) is 9.58. The molecule has 0 amide bonds. The van der Waals surface area contributed by atoms with Gasteiger partial charge in [-0.1, -0.05) is 0 Å². The van der Waals surface area contributed by atoms with Crippen LogP contribution < -0.4 is 24.8 Å². The monoisotopic (exact) mass is 486 g/mol. The third-order valence-corrected chi connectivity index (χ3v) is 5.81. The van der Waals surface area contributed by atoms with Gasteiger partial charge in [0.05, 0.1) is 0 Å². The molecule has 4 rings (SSSR count). The van der Waals surface area contributed by atoms with Gasteiger partial charge in [-0.2, -0.15) is 0 Å². The normalized spacial score (nSPS) is 14.0. The van der Waals surface area contributed by atoms with Crippen molar-refractivity contribution in [3.05, 3.63) is 93.1 Å². The summed E-state index contributed by atoms with van der Waals surface area (Å²) in [6.45, 7) is 2.08. The van der Waals surface area contributed by atoms with Crippen LogP contribution in [0.4, 0.5) is 13.2 Å². The SMILES string of the molecule is CC1=C(c2cccc3cccnc23)C[C]([Cr+2])=C1Cc1ccc(C(F)(F)F)cc1.[Cl-].[Cl-]. The largest absolute Gasteiger partial charge is 1.00 e. The number of rotatable bonds is 3. The maximum atomic E-state index is 12.8. The fraction of sp³-hybridized carbons (Fsp3) is 0.174. The van der Waals surface area contributed by atoms with Gasteiger partial charge in [0.15, 0.2) is 0 Å².